The van der Waals surface area contributed by atoms with E-state index in [2.05, 4.69) is 5.32 Å². The summed E-state index contributed by atoms with van der Waals surface area (Å²) in [5, 5.41) is 4.41. The number of sulfone groups is 1. The minimum atomic E-state index is -3.21. The second kappa shape index (κ2) is 4.18. The minimum Gasteiger partial charge on any atom is -0.227 e. The molecule has 1 atom stereocenters. The number of nitrogens with zero attached hydrogens (tertiary/aromatic N) is 1. The topological polar surface area (TPSA) is 48.2 Å². The van der Waals surface area contributed by atoms with Crippen molar-refractivity contribution in [2.75, 3.05) is 12.8 Å². The molecule has 1 fully saturated rings. The van der Waals surface area contributed by atoms with Gasteiger partial charge in [0, 0.05) is 12.8 Å². The van der Waals surface area contributed by atoms with Crippen molar-refractivity contribution in [3.8, 4) is 0 Å². The lowest BCUT2D eigenvalue weighted by molar-refractivity contribution is 0.342. The van der Waals surface area contributed by atoms with Crippen LogP contribution >= 0.6 is 0 Å². The molecule has 1 unspecified atom stereocenters. The lowest BCUT2D eigenvalue weighted by Crippen LogP contribution is -2.46. The molecule has 4 heteroatoms. The maximum Gasteiger partial charge on any atom is 0.171 e. The van der Waals surface area contributed by atoms with Crippen LogP contribution in [0.1, 0.15) is 24.8 Å². The molecule has 1 aliphatic heterocycles. The summed E-state index contributed by atoms with van der Waals surface area (Å²) in [5.74, 6) is 0. The van der Waals surface area contributed by atoms with Gasteiger partial charge in [-0.3, -0.25) is 0 Å². The van der Waals surface area contributed by atoms with Crippen LogP contribution in [0.4, 0.5) is 0 Å². The maximum absolute atomic E-state index is 12.0. The number of piperidine rings is 1. The first kappa shape index (κ1) is 11.6. The van der Waals surface area contributed by atoms with E-state index in [0.717, 1.165) is 18.4 Å². The zero-order valence-corrected chi connectivity index (χ0v) is 10.2. The van der Waals surface area contributed by atoms with E-state index in [-0.39, 0.29) is 0 Å². The van der Waals surface area contributed by atoms with E-state index in [4.69, 9.17) is 0 Å². The second-order valence-corrected chi connectivity index (χ2v) is 6.48. The first-order valence-corrected chi connectivity index (χ1v) is 7.39. The van der Waals surface area contributed by atoms with E-state index in [1.807, 2.05) is 30.3 Å². The van der Waals surface area contributed by atoms with Crippen molar-refractivity contribution in [1.82, 2.24) is 5.32 Å². The van der Waals surface area contributed by atoms with Crippen LogP contribution in [-0.4, -0.2) is 21.2 Å². The summed E-state index contributed by atoms with van der Waals surface area (Å²) in [6.07, 6.45) is 3.81. The lowest BCUT2D eigenvalue weighted by Gasteiger charge is -2.35. The normalized spacial score (nSPS) is 26.6. The third-order valence-electron chi connectivity index (χ3n) is 3.13. The zero-order valence-electron chi connectivity index (χ0n) is 9.39. The highest BCUT2D eigenvalue weighted by molar-refractivity contribution is 7.91. The minimum absolute atomic E-state index is 0.607. The Balaban J connectivity index is 2.51. The maximum atomic E-state index is 12.0. The Morgan fingerprint density at radius 1 is 1.19 bits per heavy atom. The van der Waals surface area contributed by atoms with Crippen molar-refractivity contribution < 1.29 is 8.42 Å². The highest BCUT2D eigenvalue weighted by atomic mass is 32.2. The molecule has 0 amide bonds. The number of benzene rings is 1. The number of hydrogen-bond acceptors (Lipinski definition) is 2. The molecule has 2 rings (SSSR count). The predicted molar refractivity (Wildman–Crippen MR) is 63.8 cm³/mol. The third-order valence-corrected chi connectivity index (χ3v) is 4.92. The summed E-state index contributed by atoms with van der Waals surface area (Å²) < 4.78 is 24.0. The summed E-state index contributed by atoms with van der Waals surface area (Å²) in [5.41, 5.74) is 0.803. The van der Waals surface area contributed by atoms with Gasteiger partial charge in [-0.15, -0.1) is 0 Å². The average molecular weight is 238 g/mol. The van der Waals surface area contributed by atoms with Gasteiger partial charge in [-0.1, -0.05) is 30.3 Å². The van der Waals surface area contributed by atoms with Crippen LogP contribution in [0, 0.1) is 0 Å². The largest absolute Gasteiger partial charge is 0.227 e. The standard InChI is InChI=1S/C12H16NO2S/c1-16(14,15)12(9-5-6-10-13-12)11-7-3-2-4-8-11/h2-4,7-8H,5-6,9-10H2,1H3. The van der Waals surface area contributed by atoms with Crippen LogP contribution in [0.3, 0.4) is 0 Å². The van der Waals surface area contributed by atoms with E-state index in [9.17, 15) is 8.42 Å². The summed E-state index contributed by atoms with van der Waals surface area (Å²) in [6, 6.07) is 9.34. The van der Waals surface area contributed by atoms with Crippen LogP contribution in [0.5, 0.6) is 0 Å². The molecule has 16 heavy (non-hydrogen) atoms. The average Bonchev–Trinajstić information content (AvgIpc) is 2.30. The van der Waals surface area contributed by atoms with Gasteiger partial charge in [-0.25, -0.2) is 13.7 Å². The van der Waals surface area contributed by atoms with Crippen LogP contribution < -0.4 is 5.32 Å². The molecule has 0 aromatic heterocycles. The molecule has 0 N–H and O–H groups in total. The van der Waals surface area contributed by atoms with Crippen molar-refractivity contribution in [3.05, 3.63) is 35.9 Å². The first-order chi connectivity index (χ1) is 7.56. The van der Waals surface area contributed by atoms with E-state index >= 15 is 0 Å². The van der Waals surface area contributed by atoms with Crippen LogP contribution in [-0.2, 0) is 14.7 Å². The van der Waals surface area contributed by atoms with E-state index < -0.39 is 14.7 Å². The van der Waals surface area contributed by atoms with Gasteiger partial charge in [-0.05, 0) is 24.8 Å². The Labute approximate surface area is 96.8 Å². The van der Waals surface area contributed by atoms with Gasteiger partial charge in [0.25, 0.3) is 0 Å². The molecule has 1 aromatic carbocycles. The summed E-state index contributed by atoms with van der Waals surface area (Å²) >= 11 is 0. The van der Waals surface area contributed by atoms with Gasteiger partial charge in [-0.2, -0.15) is 0 Å². The number of rotatable bonds is 2. The van der Waals surface area contributed by atoms with Crippen LogP contribution in [0.2, 0.25) is 0 Å². The van der Waals surface area contributed by atoms with Gasteiger partial charge in [0.05, 0.1) is 0 Å². The van der Waals surface area contributed by atoms with Crippen LogP contribution in [0.15, 0.2) is 30.3 Å². The van der Waals surface area contributed by atoms with E-state index in [1.165, 1.54) is 6.26 Å². The third kappa shape index (κ3) is 1.87. The fourth-order valence-corrected chi connectivity index (χ4v) is 3.67. The summed E-state index contributed by atoms with van der Waals surface area (Å²) in [4.78, 5) is -0.994. The highest BCUT2D eigenvalue weighted by Gasteiger charge is 2.44. The van der Waals surface area contributed by atoms with Crippen molar-refractivity contribution in [1.29, 1.82) is 0 Å². The molecule has 0 aliphatic carbocycles. The predicted octanol–water partition coefficient (Wildman–Crippen LogP) is 1.67. The van der Waals surface area contributed by atoms with Crippen molar-refractivity contribution in [2.24, 2.45) is 0 Å². The Morgan fingerprint density at radius 3 is 2.38 bits per heavy atom. The molecular formula is C12H16NO2S. The SMILES string of the molecule is CS(=O)(=O)C1(c2ccccc2)CCCC[N]1. The quantitative estimate of drug-likeness (QED) is 0.787. The molecule has 3 nitrogen and oxygen atoms in total. The fourth-order valence-electron chi connectivity index (χ4n) is 2.27. The molecule has 1 aromatic rings. The molecular weight excluding hydrogens is 222 g/mol. The zero-order chi connectivity index (χ0) is 11.6. The summed E-state index contributed by atoms with van der Waals surface area (Å²) in [7, 11) is -3.21. The Kier molecular flexibility index (Phi) is 3.04. The molecule has 1 aliphatic rings. The molecule has 1 radical (unpaired) electrons. The van der Waals surface area contributed by atoms with Crippen molar-refractivity contribution in [3.63, 3.8) is 0 Å². The van der Waals surface area contributed by atoms with Gasteiger partial charge >= 0.3 is 0 Å². The molecule has 1 heterocycles. The van der Waals surface area contributed by atoms with Gasteiger partial charge in [0.1, 0.15) is 0 Å². The molecule has 0 spiro atoms. The highest BCUT2D eigenvalue weighted by Crippen LogP contribution is 2.36. The van der Waals surface area contributed by atoms with Crippen LogP contribution in [0.25, 0.3) is 0 Å². The number of hydrogen-bond donors (Lipinski definition) is 0. The molecule has 0 saturated carbocycles. The Morgan fingerprint density at radius 2 is 1.88 bits per heavy atom. The van der Waals surface area contributed by atoms with Gasteiger partial charge < -0.3 is 0 Å². The van der Waals surface area contributed by atoms with Crippen molar-refractivity contribution >= 4 is 9.84 Å². The Hall–Kier alpha value is -0.870. The fraction of sp³-hybridized carbons (Fsp3) is 0.500. The second-order valence-electron chi connectivity index (χ2n) is 4.26. The Bertz CT molecular complexity index is 447. The smallest absolute Gasteiger partial charge is 0.171 e. The lowest BCUT2D eigenvalue weighted by atomic mass is 9.97. The molecule has 0 bridgehead atoms. The summed E-state index contributed by atoms with van der Waals surface area (Å²) in [6.45, 7) is 0.641. The molecule has 87 valence electrons. The monoisotopic (exact) mass is 238 g/mol. The van der Waals surface area contributed by atoms with Gasteiger partial charge in [0.15, 0.2) is 14.7 Å². The van der Waals surface area contributed by atoms with E-state index in [0.29, 0.717) is 13.0 Å². The van der Waals surface area contributed by atoms with E-state index in [1.54, 1.807) is 0 Å². The van der Waals surface area contributed by atoms with Gasteiger partial charge in [0.2, 0.25) is 0 Å². The van der Waals surface area contributed by atoms with Crippen molar-refractivity contribution in [2.45, 2.75) is 24.1 Å². The molecule has 1 saturated heterocycles. The first-order valence-electron chi connectivity index (χ1n) is 5.50.